The van der Waals surface area contributed by atoms with E-state index in [0.717, 1.165) is 0 Å². The molecule has 6 heteroatoms. The van der Waals surface area contributed by atoms with Crippen LogP contribution in [0, 0.1) is 0 Å². The molecule has 0 saturated heterocycles. The topological polar surface area (TPSA) is 26.3 Å². The Morgan fingerprint density at radius 3 is 2.33 bits per heavy atom. The van der Waals surface area contributed by atoms with Crippen LogP contribution in [0.1, 0.15) is 1.43 Å². The van der Waals surface area contributed by atoms with E-state index in [4.69, 9.17) is 15.8 Å². The van der Waals surface area contributed by atoms with Crippen LogP contribution in [0.15, 0.2) is 24.3 Å². The first-order valence-corrected chi connectivity index (χ1v) is 5.09. The summed E-state index contributed by atoms with van der Waals surface area (Å²) in [6, 6.07) is 6.48. The molecule has 0 aliphatic heterocycles. The fourth-order valence-electron chi connectivity index (χ4n) is 0.569. The first kappa shape index (κ1) is 13.3. The van der Waals surface area contributed by atoms with Crippen LogP contribution >= 0.6 is 11.6 Å². The van der Waals surface area contributed by atoms with Crippen LogP contribution in [0.2, 0.25) is 5.02 Å². The summed E-state index contributed by atoms with van der Waals surface area (Å²) in [7, 11) is -1.68. The molecule has 62 valence electrons. The van der Waals surface area contributed by atoms with E-state index in [1.54, 1.807) is 24.3 Å². The van der Waals surface area contributed by atoms with Gasteiger partial charge in [0.25, 0.3) is 0 Å². The summed E-state index contributed by atoms with van der Waals surface area (Å²) < 4.78 is 15.1. The minimum atomic E-state index is -1.68. The molecule has 0 fully saturated rings. The molecule has 1 rings (SSSR count). The van der Waals surface area contributed by atoms with Crippen LogP contribution in [0.5, 0.6) is 5.75 Å². The second kappa shape index (κ2) is 6.72. The number of benzene rings is 1. The molecule has 0 aromatic heterocycles. The van der Waals surface area contributed by atoms with Crippen LogP contribution in [-0.4, -0.2) is 0 Å². The molecular formula is C6H5ClKO2S2-. The summed E-state index contributed by atoms with van der Waals surface area (Å²) in [5.41, 5.74) is 0. The van der Waals surface area contributed by atoms with Gasteiger partial charge in [-0.25, -0.2) is 0 Å². The van der Waals surface area contributed by atoms with Crippen molar-refractivity contribution < 1.29 is 61.2 Å². The number of hydrogen-bond donors (Lipinski definition) is 0. The molecule has 0 unspecified atom stereocenters. The molecule has 0 radical (unpaired) electrons. The van der Waals surface area contributed by atoms with Crippen molar-refractivity contribution in [3.63, 3.8) is 0 Å². The van der Waals surface area contributed by atoms with Crippen LogP contribution in [-0.2, 0) is 25.0 Å². The summed E-state index contributed by atoms with van der Waals surface area (Å²) in [5, 5.41) is 0.604. The zero-order valence-electron chi connectivity index (χ0n) is 7.32. The van der Waals surface area contributed by atoms with Crippen LogP contribution in [0.4, 0.5) is 0 Å². The van der Waals surface area contributed by atoms with Gasteiger partial charge in [-0.3, -0.25) is 0 Å². The van der Waals surface area contributed by atoms with E-state index in [2.05, 4.69) is 11.2 Å². The summed E-state index contributed by atoms with van der Waals surface area (Å²) in [4.78, 5) is 0. The number of halogens is 1. The quantitative estimate of drug-likeness (QED) is 0.505. The van der Waals surface area contributed by atoms with Crippen molar-refractivity contribution in [1.82, 2.24) is 0 Å². The Labute approximate surface area is 126 Å². The maximum atomic E-state index is 10.4. The fourth-order valence-corrected chi connectivity index (χ4v) is 1.20. The van der Waals surface area contributed by atoms with E-state index in [0.29, 0.717) is 10.8 Å². The van der Waals surface area contributed by atoms with Crippen molar-refractivity contribution >= 4 is 32.4 Å². The van der Waals surface area contributed by atoms with E-state index in [1.165, 1.54) is 0 Å². The van der Waals surface area contributed by atoms with Gasteiger partial charge in [-0.15, -0.1) is 0 Å². The van der Waals surface area contributed by atoms with Gasteiger partial charge in [0.2, 0.25) is 0 Å². The first-order valence-electron chi connectivity index (χ1n) is 2.71. The van der Waals surface area contributed by atoms with Gasteiger partial charge < -0.3 is 9.82 Å². The largest absolute Gasteiger partial charge is 1.00 e. The van der Waals surface area contributed by atoms with Gasteiger partial charge in [-0.05, 0) is 33.9 Å². The molecule has 12 heavy (non-hydrogen) atoms. The Hall–Kier alpha value is 1.32. The third-order valence-corrected chi connectivity index (χ3v) is 1.76. The van der Waals surface area contributed by atoms with Crippen LogP contribution in [0.25, 0.3) is 0 Å². The minimum absolute atomic E-state index is 0. The molecule has 1 aromatic rings. The second-order valence-electron chi connectivity index (χ2n) is 1.74. The van der Waals surface area contributed by atoms with Gasteiger partial charge in [-0.1, -0.05) is 11.6 Å². The molecule has 0 spiro atoms. The normalized spacial score (nSPS) is 9.17. The minimum Gasteiger partial charge on any atom is -1.00 e. The van der Waals surface area contributed by atoms with Gasteiger partial charge in [-0.2, -0.15) is 11.2 Å². The maximum Gasteiger partial charge on any atom is 1.00 e. The molecule has 0 heterocycles. The predicted octanol–water partition coefficient (Wildman–Crippen LogP) is -0.824. The Kier molecular flexibility index (Phi) is 7.46. The number of rotatable bonds is 2. The fraction of sp³-hybridized carbons (Fsp3) is 0. The molecular weight excluding hydrogens is 243 g/mol. The Morgan fingerprint density at radius 2 is 1.92 bits per heavy atom. The SMILES string of the molecule is O=[S-](=S)Oc1ccc(Cl)cc1.[H-].[K+]. The van der Waals surface area contributed by atoms with E-state index in [1.807, 2.05) is 0 Å². The van der Waals surface area contributed by atoms with Crippen molar-refractivity contribution in [1.29, 1.82) is 0 Å². The molecule has 0 saturated carbocycles. The molecule has 0 aliphatic rings. The van der Waals surface area contributed by atoms with Crippen molar-refractivity contribution in [3.05, 3.63) is 29.3 Å². The third-order valence-electron chi connectivity index (χ3n) is 0.978. The molecule has 0 bridgehead atoms. The second-order valence-corrected chi connectivity index (χ2v) is 3.57. The van der Waals surface area contributed by atoms with E-state index in [9.17, 15) is 4.21 Å². The molecule has 0 atom stereocenters. The Bertz CT molecular complexity index is 307. The molecule has 0 amide bonds. The zero-order chi connectivity index (χ0) is 8.27. The Balaban J connectivity index is 0. The van der Waals surface area contributed by atoms with Gasteiger partial charge in [0.05, 0.1) is 5.75 Å². The summed E-state index contributed by atoms with van der Waals surface area (Å²) in [6.45, 7) is 0. The average Bonchev–Trinajstić information content (AvgIpc) is 1.93. The van der Waals surface area contributed by atoms with E-state index >= 15 is 0 Å². The standard InChI is InChI=1S/C6H4ClO2S2.K.H/c7-5-1-3-6(4-2-5)9-11(8)10;;/h1-4H;;/q-1;+1;-1. The van der Waals surface area contributed by atoms with E-state index < -0.39 is 9.64 Å². The third kappa shape index (κ3) is 5.13. The van der Waals surface area contributed by atoms with Crippen LogP contribution in [0.3, 0.4) is 0 Å². The van der Waals surface area contributed by atoms with Gasteiger partial charge in [0.1, 0.15) is 0 Å². The molecule has 0 N–H and O–H groups in total. The van der Waals surface area contributed by atoms with Crippen molar-refractivity contribution in [2.75, 3.05) is 0 Å². The molecule has 2 nitrogen and oxygen atoms in total. The predicted molar refractivity (Wildman–Crippen MR) is 48.6 cm³/mol. The first-order chi connectivity index (χ1) is 5.18. The van der Waals surface area contributed by atoms with Gasteiger partial charge in [0.15, 0.2) is 0 Å². The summed E-state index contributed by atoms with van der Waals surface area (Å²) >= 11 is 9.90. The van der Waals surface area contributed by atoms with Crippen molar-refractivity contribution in [2.24, 2.45) is 0 Å². The monoisotopic (exact) mass is 247 g/mol. The maximum absolute atomic E-state index is 10.4. The smallest absolute Gasteiger partial charge is 1.00 e. The Morgan fingerprint density at radius 1 is 1.42 bits per heavy atom. The van der Waals surface area contributed by atoms with Crippen LogP contribution < -0.4 is 55.6 Å². The molecule has 1 aromatic carbocycles. The van der Waals surface area contributed by atoms with Crippen molar-refractivity contribution in [2.45, 2.75) is 0 Å². The summed E-state index contributed by atoms with van der Waals surface area (Å²) in [5.74, 6) is 0.461. The van der Waals surface area contributed by atoms with E-state index in [-0.39, 0.29) is 52.8 Å². The molecule has 0 aliphatic carbocycles. The zero-order valence-corrected chi connectivity index (χ0v) is 11.8. The summed E-state index contributed by atoms with van der Waals surface area (Å²) in [6.07, 6.45) is 0. The average molecular weight is 248 g/mol. The van der Waals surface area contributed by atoms with Gasteiger partial charge >= 0.3 is 51.4 Å². The van der Waals surface area contributed by atoms with Crippen molar-refractivity contribution in [3.8, 4) is 5.75 Å². The number of hydrogen-bond acceptors (Lipinski definition) is 4. The van der Waals surface area contributed by atoms with Gasteiger partial charge in [0, 0.05) is 5.02 Å².